The van der Waals surface area contributed by atoms with Crippen LogP contribution in [0.3, 0.4) is 0 Å². The number of imidazole rings is 1. The van der Waals surface area contributed by atoms with Crippen LogP contribution in [0, 0.1) is 0 Å². The molecule has 1 atom stereocenters. The van der Waals surface area contributed by atoms with Crippen molar-refractivity contribution < 1.29 is 5.11 Å². The highest BCUT2D eigenvalue weighted by Gasteiger charge is 2.03. The van der Waals surface area contributed by atoms with Gasteiger partial charge in [0.2, 0.25) is 0 Å². The Morgan fingerprint density at radius 3 is 3.15 bits per heavy atom. The molecule has 2 rings (SSSR count). The van der Waals surface area contributed by atoms with Crippen LogP contribution in [-0.4, -0.2) is 15.1 Å². The molecule has 3 heteroatoms. The zero-order chi connectivity index (χ0) is 9.26. The van der Waals surface area contributed by atoms with Crippen LogP contribution in [0.1, 0.15) is 11.7 Å². The van der Waals surface area contributed by atoms with Crippen molar-refractivity contribution in [1.29, 1.82) is 0 Å². The fourth-order valence-corrected chi connectivity index (χ4v) is 1.27. The summed E-state index contributed by atoms with van der Waals surface area (Å²) in [4.78, 5) is 7.06. The molecule has 13 heavy (non-hydrogen) atoms. The monoisotopic (exact) mass is 174 g/mol. The standard InChI is InChI=1S/C10H10N2O/c1-2-10(13)7-3-4-8-9(5-7)12-6-11-8/h2-6,10,13H,1H2,(H,11,12). The summed E-state index contributed by atoms with van der Waals surface area (Å²) in [6, 6.07) is 5.58. The van der Waals surface area contributed by atoms with Crippen molar-refractivity contribution in [3.05, 3.63) is 42.7 Å². The average Bonchev–Trinajstić information content (AvgIpc) is 2.63. The van der Waals surface area contributed by atoms with Gasteiger partial charge in [0, 0.05) is 0 Å². The third-order valence-electron chi connectivity index (χ3n) is 2.01. The summed E-state index contributed by atoms with van der Waals surface area (Å²) >= 11 is 0. The summed E-state index contributed by atoms with van der Waals surface area (Å²) in [6.07, 6.45) is 2.53. The fourth-order valence-electron chi connectivity index (χ4n) is 1.27. The number of nitrogens with zero attached hydrogens (tertiary/aromatic N) is 1. The van der Waals surface area contributed by atoms with Crippen LogP contribution in [0.2, 0.25) is 0 Å². The Hall–Kier alpha value is -1.61. The molecule has 1 aromatic heterocycles. The van der Waals surface area contributed by atoms with Crippen molar-refractivity contribution in [3.63, 3.8) is 0 Å². The summed E-state index contributed by atoms with van der Waals surface area (Å²) in [5.41, 5.74) is 2.66. The summed E-state index contributed by atoms with van der Waals surface area (Å²) in [7, 11) is 0. The van der Waals surface area contributed by atoms with E-state index in [-0.39, 0.29) is 0 Å². The van der Waals surface area contributed by atoms with Crippen LogP contribution < -0.4 is 0 Å². The van der Waals surface area contributed by atoms with E-state index in [9.17, 15) is 5.11 Å². The van der Waals surface area contributed by atoms with Crippen molar-refractivity contribution in [2.45, 2.75) is 6.10 Å². The Morgan fingerprint density at radius 2 is 2.38 bits per heavy atom. The lowest BCUT2D eigenvalue weighted by atomic mass is 10.1. The zero-order valence-corrected chi connectivity index (χ0v) is 7.07. The van der Waals surface area contributed by atoms with E-state index in [2.05, 4.69) is 16.5 Å². The number of fused-ring (bicyclic) bond motifs is 1. The van der Waals surface area contributed by atoms with E-state index in [1.54, 1.807) is 6.33 Å². The molecule has 1 aromatic carbocycles. The van der Waals surface area contributed by atoms with E-state index in [4.69, 9.17) is 0 Å². The third-order valence-corrected chi connectivity index (χ3v) is 2.01. The first-order chi connectivity index (χ1) is 6.31. The molecule has 2 aromatic rings. The first-order valence-electron chi connectivity index (χ1n) is 4.05. The molecule has 0 aliphatic carbocycles. The minimum absolute atomic E-state index is 0.604. The number of rotatable bonds is 2. The highest BCUT2D eigenvalue weighted by molar-refractivity contribution is 5.75. The largest absolute Gasteiger partial charge is 0.384 e. The van der Waals surface area contributed by atoms with Gasteiger partial charge >= 0.3 is 0 Å². The van der Waals surface area contributed by atoms with Crippen molar-refractivity contribution in [1.82, 2.24) is 9.97 Å². The number of H-pyrrole nitrogens is 1. The second-order valence-corrected chi connectivity index (χ2v) is 2.86. The lowest BCUT2D eigenvalue weighted by Gasteiger charge is -2.04. The molecule has 0 radical (unpaired) electrons. The normalized spacial score (nSPS) is 13.0. The number of aromatic nitrogens is 2. The second kappa shape index (κ2) is 3.03. The Kier molecular flexibility index (Phi) is 1.87. The molecule has 0 saturated heterocycles. The maximum atomic E-state index is 9.47. The van der Waals surface area contributed by atoms with Crippen LogP contribution in [-0.2, 0) is 0 Å². The first kappa shape index (κ1) is 8.01. The number of aliphatic hydroxyl groups excluding tert-OH is 1. The van der Waals surface area contributed by atoms with Crippen LogP contribution in [0.5, 0.6) is 0 Å². The van der Waals surface area contributed by atoms with Gasteiger partial charge in [-0.15, -0.1) is 6.58 Å². The molecule has 1 heterocycles. The Morgan fingerprint density at radius 1 is 1.54 bits per heavy atom. The van der Waals surface area contributed by atoms with Crippen molar-refractivity contribution in [3.8, 4) is 0 Å². The topological polar surface area (TPSA) is 48.9 Å². The van der Waals surface area contributed by atoms with Gasteiger partial charge in [-0.2, -0.15) is 0 Å². The van der Waals surface area contributed by atoms with Gasteiger partial charge in [0.15, 0.2) is 0 Å². The van der Waals surface area contributed by atoms with Gasteiger partial charge in [-0.3, -0.25) is 0 Å². The van der Waals surface area contributed by atoms with Crippen LogP contribution in [0.25, 0.3) is 11.0 Å². The quantitative estimate of drug-likeness (QED) is 0.682. The van der Waals surface area contributed by atoms with E-state index < -0.39 is 6.10 Å². The highest BCUT2D eigenvalue weighted by Crippen LogP contribution is 2.18. The molecule has 66 valence electrons. The van der Waals surface area contributed by atoms with E-state index in [0.717, 1.165) is 16.6 Å². The lowest BCUT2D eigenvalue weighted by Crippen LogP contribution is -1.91. The predicted octanol–water partition coefficient (Wildman–Crippen LogP) is 1.78. The maximum Gasteiger partial charge on any atom is 0.0969 e. The number of nitrogens with one attached hydrogen (secondary N) is 1. The third kappa shape index (κ3) is 1.34. The molecule has 0 bridgehead atoms. The predicted molar refractivity (Wildman–Crippen MR) is 51.3 cm³/mol. The Labute approximate surface area is 75.7 Å². The van der Waals surface area contributed by atoms with Gasteiger partial charge in [0.25, 0.3) is 0 Å². The van der Waals surface area contributed by atoms with Crippen molar-refractivity contribution in [2.24, 2.45) is 0 Å². The number of aliphatic hydroxyl groups is 1. The molecule has 0 saturated carbocycles. The van der Waals surface area contributed by atoms with E-state index in [1.807, 2.05) is 18.2 Å². The summed E-state index contributed by atoms with van der Waals surface area (Å²) in [5.74, 6) is 0. The lowest BCUT2D eigenvalue weighted by molar-refractivity contribution is 0.229. The van der Waals surface area contributed by atoms with Crippen molar-refractivity contribution in [2.75, 3.05) is 0 Å². The van der Waals surface area contributed by atoms with Gasteiger partial charge in [-0.1, -0.05) is 12.1 Å². The van der Waals surface area contributed by atoms with Gasteiger partial charge in [0.05, 0.1) is 23.5 Å². The Bertz CT molecular complexity index is 433. The van der Waals surface area contributed by atoms with Crippen LogP contribution >= 0.6 is 0 Å². The zero-order valence-electron chi connectivity index (χ0n) is 7.07. The van der Waals surface area contributed by atoms with Gasteiger partial charge < -0.3 is 10.1 Å². The summed E-state index contributed by atoms with van der Waals surface area (Å²) in [6.45, 7) is 3.53. The van der Waals surface area contributed by atoms with E-state index >= 15 is 0 Å². The number of hydrogen-bond donors (Lipinski definition) is 2. The minimum atomic E-state index is -0.604. The van der Waals surface area contributed by atoms with Gasteiger partial charge in [-0.05, 0) is 17.7 Å². The number of aromatic amines is 1. The average molecular weight is 174 g/mol. The van der Waals surface area contributed by atoms with E-state index in [0.29, 0.717) is 0 Å². The maximum absolute atomic E-state index is 9.47. The van der Waals surface area contributed by atoms with Gasteiger partial charge in [0.1, 0.15) is 0 Å². The molecule has 1 unspecified atom stereocenters. The SMILES string of the molecule is C=CC(O)c1ccc2nc[nH]c2c1. The van der Waals surface area contributed by atoms with Crippen LogP contribution in [0.4, 0.5) is 0 Å². The smallest absolute Gasteiger partial charge is 0.0969 e. The van der Waals surface area contributed by atoms with Crippen LogP contribution in [0.15, 0.2) is 37.2 Å². The molecule has 0 fully saturated rings. The summed E-state index contributed by atoms with van der Waals surface area (Å²) < 4.78 is 0. The minimum Gasteiger partial charge on any atom is -0.384 e. The fraction of sp³-hybridized carbons (Fsp3) is 0.100. The summed E-state index contributed by atoms with van der Waals surface area (Å²) in [5, 5.41) is 9.47. The molecule has 2 N–H and O–H groups in total. The van der Waals surface area contributed by atoms with Crippen molar-refractivity contribution >= 4 is 11.0 Å². The number of hydrogen-bond acceptors (Lipinski definition) is 2. The molecular formula is C10H10N2O. The van der Waals surface area contributed by atoms with E-state index in [1.165, 1.54) is 6.08 Å². The molecule has 0 aliphatic heterocycles. The number of benzene rings is 1. The molecule has 3 nitrogen and oxygen atoms in total. The molecule has 0 aliphatic rings. The molecule has 0 spiro atoms. The molecular weight excluding hydrogens is 164 g/mol. The molecule has 0 amide bonds. The highest BCUT2D eigenvalue weighted by atomic mass is 16.3. The second-order valence-electron chi connectivity index (χ2n) is 2.86. The van der Waals surface area contributed by atoms with Gasteiger partial charge in [-0.25, -0.2) is 4.98 Å². The first-order valence-corrected chi connectivity index (χ1v) is 4.05. The Balaban J connectivity index is 2.53.